The van der Waals surface area contributed by atoms with E-state index in [9.17, 15) is 4.79 Å². The Hall–Kier alpha value is -3.33. The number of hydrogen-bond donors (Lipinski definition) is 1. The van der Waals surface area contributed by atoms with Gasteiger partial charge in [0.25, 0.3) is 0 Å². The molecule has 0 aliphatic heterocycles. The lowest BCUT2D eigenvalue weighted by Crippen LogP contribution is -2.20. The molecule has 0 unspecified atom stereocenters. The van der Waals surface area contributed by atoms with Crippen LogP contribution < -0.4 is 19.5 Å². The van der Waals surface area contributed by atoms with Crippen LogP contribution >= 0.6 is 11.3 Å². The highest BCUT2D eigenvalue weighted by Gasteiger charge is 2.12. The molecule has 1 aromatic carbocycles. The van der Waals surface area contributed by atoms with Crippen LogP contribution in [0.25, 0.3) is 11.8 Å². The first-order chi connectivity index (χ1) is 13.6. The van der Waals surface area contributed by atoms with Gasteiger partial charge in [-0.3, -0.25) is 4.79 Å². The van der Waals surface area contributed by atoms with Crippen LogP contribution in [-0.4, -0.2) is 42.2 Å². The molecular formula is C19H20N4O4S. The molecule has 1 amide bonds. The molecule has 0 aliphatic carbocycles. The van der Waals surface area contributed by atoms with Crippen molar-refractivity contribution in [2.24, 2.45) is 0 Å². The van der Waals surface area contributed by atoms with Crippen LogP contribution in [0, 0.1) is 0 Å². The van der Waals surface area contributed by atoms with E-state index in [4.69, 9.17) is 14.2 Å². The summed E-state index contributed by atoms with van der Waals surface area (Å²) in [4.78, 5) is 12.1. The largest absolute Gasteiger partial charge is 0.493 e. The number of benzene rings is 1. The van der Waals surface area contributed by atoms with E-state index in [1.807, 2.05) is 16.8 Å². The first-order valence-electron chi connectivity index (χ1n) is 8.34. The van der Waals surface area contributed by atoms with Crippen molar-refractivity contribution >= 4 is 23.3 Å². The average molecular weight is 400 g/mol. The molecule has 0 spiro atoms. The predicted molar refractivity (Wildman–Crippen MR) is 106 cm³/mol. The van der Waals surface area contributed by atoms with Gasteiger partial charge in [0.1, 0.15) is 5.69 Å². The molecule has 2 aromatic heterocycles. The van der Waals surface area contributed by atoms with Crippen LogP contribution in [0.2, 0.25) is 0 Å². The Kier molecular flexibility index (Phi) is 6.28. The van der Waals surface area contributed by atoms with Gasteiger partial charge in [-0.2, -0.15) is 11.3 Å². The summed E-state index contributed by atoms with van der Waals surface area (Å²) in [5.41, 5.74) is 2.35. The van der Waals surface area contributed by atoms with E-state index >= 15 is 0 Å². The SMILES string of the molecule is COc1cc(/C=C/C(=O)NCc2cn(-c3ccsc3)nn2)cc(OC)c1OC. The van der Waals surface area contributed by atoms with Crippen LogP contribution in [0.1, 0.15) is 11.3 Å². The van der Waals surface area contributed by atoms with E-state index in [0.717, 1.165) is 11.3 Å². The molecule has 8 nitrogen and oxygen atoms in total. The zero-order chi connectivity index (χ0) is 19.9. The zero-order valence-corrected chi connectivity index (χ0v) is 16.5. The molecule has 3 rings (SSSR count). The van der Waals surface area contributed by atoms with E-state index < -0.39 is 0 Å². The van der Waals surface area contributed by atoms with Crippen LogP contribution in [0.3, 0.4) is 0 Å². The maximum absolute atomic E-state index is 12.1. The Balaban J connectivity index is 1.62. The van der Waals surface area contributed by atoms with E-state index in [1.54, 1.807) is 54.6 Å². The lowest BCUT2D eigenvalue weighted by atomic mass is 10.1. The van der Waals surface area contributed by atoms with Gasteiger partial charge in [-0.1, -0.05) is 5.21 Å². The van der Waals surface area contributed by atoms with Crippen molar-refractivity contribution in [2.75, 3.05) is 21.3 Å². The van der Waals surface area contributed by atoms with Gasteiger partial charge in [0, 0.05) is 11.5 Å². The van der Waals surface area contributed by atoms with Gasteiger partial charge in [-0.15, -0.1) is 5.10 Å². The molecule has 1 N–H and O–H groups in total. The van der Waals surface area contributed by atoms with Gasteiger partial charge < -0.3 is 19.5 Å². The number of amides is 1. The maximum atomic E-state index is 12.1. The molecule has 28 heavy (non-hydrogen) atoms. The third-order valence-corrected chi connectivity index (χ3v) is 4.54. The molecule has 0 atom stereocenters. The Bertz CT molecular complexity index is 941. The van der Waals surface area contributed by atoms with Crippen LogP contribution in [0.5, 0.6) is 17.2 Å². The smallest absolute Gasteiger partial charge is 0.244 e. The van der Waals surface area contributed by atoms with Gasteiger partial charge in [0.15, 0.2) is 11.5 Å². The maximum Gasteiger partial charge on any atom is 0.244 e. The van der Waals surface area contributed by atoms with Crippen LogP contribution in [-0.2, 0) is 11.3 Å². The van der Waals surface area contributed by atoms with E-state index in [-0.39, 0.29) is 12.5 Å². The summed E-state index contributed by atoms with van der Waals surface area (Å²) in [6.07, 6.45) is 4.89. The zero-order valence-electron chi connectivity index (χ0n) is 15.7. The molecule has 0 saturated carbocycles. The topological polar surface area (TPSA) is 87.5 Å². The van der Waals surface area contributed by atoms with E-state index in [2.05, 4.69) is 15.6 Å². The number of carbonyl (C=O) groups is 1. The van der Waals surface area contributed by atoms with Gasteiger partial charge in [-0.05, 0) is 35.2 Å². The first-order valence-corrected chi connectivity index (χ1v) is 9.28. The molecular weight excluding hydrogens is 380 g/mol. The summed E-state index contributed by atoms with van der Waals surface area (Å²) in [6.45, 7) is 0.280. The van der Waals surface area contributed by atoms with Crippen molar-refractivity contribution in [3.05, 3.63) is 52.5 Å². The first kappa shape index (κ1) is 19.4. The molecule has 0 bridgehead atoms. The van der Waals surface area contributed by atoms with Crippen LogP contribution in [0.4, 0.5) is 0 Å². The average Bonchev–Trinajstić information content (AvgIpc) is 3.41. The van der Waals surface area contributed by atoms with E-state index in [0.29, 0.717) is 22.9 Å². The molecule has 0 radical (unpaired) electrons. The second-order valence-electron chi connectivity index (χ2n) is 5.65. The number of rotatable bonds is 8. The number of aromatic nitrogens is 3. The number of hydrogen-bond acceptors (Lipinski definition) is 7. The van der Waals surface area contributed by atoms with Crippen LogP contribution in [0.15, 0.2) is 41.2 Å². The molecule has 0 fully saturated rings. The number of methoxy groups -OCH3 is 3. The fraction of sp³-hybridized carbons (Fsp3) is 0.211. The summed E-state index contributed by atoms with van der Waals surface area (Å²) in [6, 6.07) is 5.47. The lowest BCUT2D eigenvalue weighted by molar-refractivity contribution is -0.116. The Morgan fingerprint density at radius 1 is 1.21 bits per heavy atom. The summed E-state index contributed by atoms with van der Waals surface area (Å²) in [5.74, 6) is 1.29. The quantitative estimate of drug-likeness (QED) is 0.585. The fourth-order valence-corrected chi connectivity index (χ4v) is 3.12. The van der Waals surface area contributed by atoms with E-state index in [1.165, 1.54) is 13.2 Å². The molecule has 3 aromatic rings. The normalized spacial score (nSPS) is 10.8. The third-order valence-electron chi connectivity index (χ3n) is 3.87. The molecule has 2 heterocycles. The molecule has 9 heteroatoms. The molecule has 0 aliphatic rings. The van der Waals surface area contributed by atoms with Gasteiger partial charge >= 0.3 is 0 Å². The Morgan fingerprint density at radius 2 is 1.96 bits per heavy atom. The minimum absolute atomic E-state index is 0.251. The summed E-state index contributed by atoms with van der Waals surface area (Å²) in [5, 5.41) is 14.8. The highest BCUT2D eigenvalue weighted by atomic mass is 32.1. The van der Waals surface area contributed by atoms with Crippen molar-refractivity contribution in [1.82, 2.24) is 20.3 Å². The van der Waals surface area contributed by atoms with Crippen molar-refractivity contribution in [2.45, 2.75) is 6.54 Å². The highest BCUT2D eigenvalue weighted by Crippen LogP contribution is 2.38. The minimum atomic E-state index is -0.251. The second-order valence-corrected chi connectivity index (χ2v) is 6.43. The number of thiophene rings is 1. The fourth-order valence-electron chi connectivity index (χ4n) is 2.50. The number of ether oxygens (including phenoxy) is 3. The minimum Gasteiger partial charge on any atom is -0.493 e. The van der Waals surface area contributed by atoms with Crippen molar-refractivity contribution in [3.63, 3.8) is 0 Å². The summed E-state index contributed by atoms with van der Waals surface area (Å²) >= 11 is 1.58. The van der Waals surface area contributed by atoms with Gasteiger partial charge in [0.05, 0.1) is 39.8 Å². The Morgan fingerprint density at radius 3 is 2.57 bits per heavy atom. The molecule has 146 valence electrons. The number of nitrogens with zero attached hydrogens (tertiary/aromatic N) is 3. The Labute approximate surface area is 166 Å². The van der Waals surface area contributed by atoms with Gasteiger partial charge in [-0.25, -0.2) is 4.68 Å². The third kappa shape index (κ3) is 4.49. The predicted octanol–water partition coefficient (Wildman–Crippen LogP) is 2.68. The summed E-state index contributed by atoms with van der Waals surface area (Å²) in [7, 11) is 4.62. The van der Waals surface area contributed by atoms with Crippen molar-refractivity contribution < 1.29 is 19.0 Å². The monoisotopic (exact) mass is 400 g/mol. The van der Waals surface area contributed by atoms with Crippen molar-refractivity contribution in [3.8, 4) is 22.9 Å². The van der Waals surface area contributed by atoms with Crippen molar-refractivity contribution in [1.29, 1.82) is 0 Å². The second kappa shape index (κ2) is 9.05. The van der Waals surface area contributed by atoms with Gasteiger partial charge in [0.2, 0.25) is 11.7 Å². The standard InChI is InChI=1S/C19H20N4O4S/c1-25-16-8-13(9-17(26-2)19(16)27-3)4-5-18(24)20-10-14-11-23(22-21-14)15-6-7-28-12-15/h4-9,11-12H,10H2,1-3H3,(H,20,24)/b5-4+. The number of nitrogens with one attached hydrogen (secondary N) is 1. The molecule has 0 saturated heterocycles. The summed E-state index contributed by atoms with van der Waals surface area (Å²) < 4.78 is 17.6. The lowest BCUT2D eigenvalue weighted by Gasteiger charge is -2.12. The highest BCUT2D eigenvalue weighted by molar-refractivity contribution is 7.08. The number of carbonyl (C=O) groups excluding carboxylic acids is 1.